The molecule has 0 radical (unpaired) electrons. The van der Waals surface area contributed by atoms with Crippen molar-refractivity contribution < 1.29 is 4.79 Å². The molecule has 0 atom stereocenters. The van der Waals surface area contributed by atoms with Crippen LogP contribution in [0.1, 0.15) is 65.5 Å². The monoisotopic (exact) mass is 575 g/mol. The van der Waals surface area contributed by atoms with Crippen LogP contribution in [-0.4, -0.2) is 46.5 Å². The number of allylic oxidation sites excluding steroid dienone is 6. The Bertz CT molecular complexity index is 1190. The SMILES string of the molecule is C=C/C(=C\C(=C/C)CC(=C)N(C)C(=C)SC(=C)CCCCc1ccc(NC(=O)C/C(C)=C/C)nn1)CN(C)C(=C)C. The van der Waals surface area contributed by atoms with Crippen LogP contribution in [0.4, 0.5) is 5.82 Å². The average molecular weight is 576 g/mol. The Morgan fingerprint density at radius 2 is 1.71 bits per heavy atom. The second-order valence-electron chi connectivity index (χ2n) is 10.2. The van der Waals surface area contributed by atoms with Gasteiger partial charge in [0.15, 0.2) is 5.82 Å². The number of hydrogen-bond acceptors (Lipinski definition) is 6. The number of unbranched alkanes of at least 4 members (excludes halogenated alkanes) is 1. The van der Waals surface area contributed by atoms with Crippen molar-refractivity contribution in [1.82, 2.24) is 20.0 Å². The summed E-state index contributed by atoms with van der Waals surface area (Å²) in [6, 6.07) is 3.72. The molecule has 6 nitrogen and oxygen atoms in total. The molecule has 0 aliphatic carbocycles. The van der Waals surface area contributed by atoms with Gasteiger partial charge in [0, 0.05) is 44.9 Å². The van der Waals surface area contributed by atoms with Gasteiger partial charge in [-0.3, -0.25) is 4.79 Å². The first kappa shape index (κ1) is 35.4. The van der Waals surface area contributed by atoms with Crippen LogP contribution in [0.15, 0.2) is 107 Å². The van der Waals surface area contributed by atoms with Gasteiger partial charge in [-0.15, -0.1) is 5.10 Å². The van der Waals surface area contributed by atoms with E-state index in [2.05, 4.69) is 65.5 Å². The van der Waals surface area contributed by atoms with Gasteiger partial charge >= 0.3 is 0 Å². The Morgan fingerprint density at radius 3 is 2.27 bits per heavy atom. The van der Waals surface area contributed by atoms with Crippen molar-refractivity contribution in [3.8, 4) is 0 Å². The highest BCUT2D eigenvalue weighted by atomic mass is 32.2. The maximum absolute atomic E-state index is 12.0. The minimum Gasteiger partial charge on any atom is -0.374 e. The third-order valence-corrected chi connectivity index (χ3v) is 7.65. The Labute approximate surface area is 253 Å². The summed E-state index contributed by atoms with van der Waals surface area (Å²) in [6.07, 6.45) is 12.8. The van der Waals surface area contributed by atoms with E-state index in [0.29, 0.717) is 18.7 Å². The van der Waals surface area contributed by atoms with Gasteiger partial charge in [-0.05, 0) is 81.6 Å². The van der Waals surface area contributed by atoms with Crippen LogP contribution in [0.2, 0.25) is 0 Å². The van der Waals surface area contributed by atoms with Crippen molar-refractivity contribution in [2.75, 3.05) is 26.0 Å². The van der Waals surface area contributed by atoms with Crippen LogP contribution in [0.25, 0.3) is 0 Å². The molecular formula is C34H49N5OS. The number of aromatic nitrogens is 2. The standard InChI is InChI=1S/C34H49N5OS/c1-12-26(6)21-34(40)35-33-20-19-32(36-37-33)18-16-15-17-28(8)41-29(9)39(11)27(7)22-30(13-2)23-31(14-3)24-38(10)25(4)5/h12-14,19-20,23H,3-4,7-9,15-18,21-22,24H2,1-2,5-6,10-11H3,(H,35,37,40)/b26-12+,30-13-,31-23+. The molecular weight excluding hydrogens is 526 g/mol. The molecule has 1 N–H and O–H groups in total. The van der Waals surface area contributed by atoms with Gasteiger partial charge in [-0.25, -0.2) is 0 Å². The summed E-state index contributed by atoms with van der Waals surface area (Å²) in [4.78, 5) is 17.2. The number of anilines is 1. The molecule has 0 saturated heterocycles. The van der Waals surface area contributed by atoms with Crippen molar-refractivity contribution >= 4 is 23.5 Å². The molecule has 0 unspecified atom stereocenters. The molecule has 222 valence electrons. The minimum atomic E-state index is -0.0854. The summed E-state index contributed by atoms with van der Waals surface area (Å²) < 4.78 is 0. The lowest BCUT2D eigenvalue weighted by Gasteiger charge is -2.25. The highest BCUT2D eigenvalue weighted by Gasteiger charge is 2.11. The van der Waals surface area contributed by atoms with Crippen molar-refractivity contribution in [2.45, 2.75) is 66.2 Å². The molecule has 0 spiro atoms. The van der Waals surface area contributed by atoms with E-state index in [4.69, 9.17) is 0 Å². The molecule has 1 heterocycles. The maximum Gasteiger partial charge on any atom is 0.229 e. The molecule has 0 fully saturated rings. The van der Waals surface area contributed by atoms with Gasteiger partial charge in [0.2, 0.25) is 5.91 Å². The molecule has 1 rings (SSSR count). The van der Waals surface area contributed by atoms with Gasteiger partial charge in [-0.2, -0.15) is 5.10 Å². The normalized spacial score (nSPS) is 12.0. The van der Waals surface area contributed by atoms with Crippen LogP contribution < -0.4 is 5.32 Å². The predicted molar refractivity (Wildman–Crippen MR) is 179 cm³/mol. The van der Waals surface area contributed by atoms with Crippen molar-refractivity contribution in [1.29, 1.82) is 0 Å². The van der Waals surface area contributed by atoms with Crippen LogP contribution in [0.3, 0.4) is 0 Å². The fourth-order valence-corrected chi connectivity index (χ4v) is 4.45. The smallest absolute Gasteiger partial charge is 0.229 e. The molecule has 1 amide bonds. The highest BCUT2D eigenvalue weighted by molar-refractivity contribution is 8.06. The number of likely N-dealkylation sites (N-methyl/N-ethyl adjacent to an activating group) is 1. The molecule has 1 aromatic rings. The lowest BCUT2D eigenvalue weighted by atomic mass is 10.1. The molecule has 0 saturated carbocycles. The molecule has 1 aromatic heterocycles. The Balaban J connectivity index is 2.48. The summed E-state index contributed by atoms with van der Waals surface area (Å²) in [6.45, 7) is 29.4. The Hall–Kier alpha value is -3.58. The second kappa shape index (κ2) is 18.7. The zero-order chi connectivity index (χ0) is 30.9. The van der Waals surface area contributed by atoms with Crippen LogP contribution in [-0.2, 0) is 11.2 Å². The minimum absolute atomic E-state index is 0.0854. The van der Waals surface area contributed by atoms with E-state index in [1.54, 1.807) is 17.8 Å². The summed E-state index contributed by atoms with van der Waals surface area (Å²) in [5, 5.41) is 12.1. The summed E-state index contributed by atoms with van der Waals surface area (Å²) >= 11 is 1.60. The topological polar surface area (TPSA) is 61.4 Å². The summed E-state index contributed by atoms with van der Waals surface area (Å²) in [5.41, 5.74) is 6.20. The maximum atomic E-state index is 12.0. The van der Waals surface area contributed by atoms with Gasteiger partial charge in [0.1, 0.15) is 0 Å². The molecule has 0 aliphatic rings. The molecule has 0 aromatic carbocycles. The van der Waals surface area contributed by atoms with Gasteiger partial charge in [0.05, 0.1) is 10.7 Å². The third-order valence-electron chi connectivity index (χ3n) is 6.65. The van der Waals surface area contributed by atoms with Crippen molar-refractivity contribution in [3.63, 3.8) is 0 Å². The first-order valence-corrected chi connectivity index (χ1v) is 14.8. The third kappa shape index (κ3) is 14.0. The first-order chi connectivity index (χ1) is 19.4. The first-order valence-electron chi connectivity index (χ1n) is 13.9. The number of amides is 1. The van der Waals surface area contributed by atoms with E-state index in [0.717, 1.165) is 70.4 Å². The number of carbonyl (C=O) groups is 1. The number of rotatable bonds is 19. The molecule has 41 heavy (non-hydrogen) atoms. The molecule has 0 bridgehead atoms. The number of thioether (sulfide) groups is 1. The highest BCUT2D eigenvalue weighted by Crippen LogP contribution is 2.31. The number of nitrogens with zero attached hydrogens (tertiary/aromatic N) is 4. The van der Waals surface area contributed by atoms with Gasteiger partial charge < -0.3 is 15.1 Å². The van der Waals surface area contributed by atoms with Crippen LogP contribution in [0.5, 0.6) is 0 Å². The number of carbonyl (C=O) groups excluding carboxylic acids is 1. The lowest BCUT2D eigenvalue weighted by Crippen LogP contribution is -2.18. The van der Waals surface area contributed by atoms with Crippen LogP contribution in [0, 0.1) is 0 Å². The Morgan fingerprint density at radius 1 is 1.00 bits per heavy atom. The summed E-state index contributed by atoms with van der Waals surface area (Å²) in [7, 11) is 4.02. The van der Waals surface area contributed by atoms with E-state index < -0.39 is 0 Å². The number of hydrogen-bond donors (Lipinski definition) is 1. The fraction of sp³-hybridized carbons (Fsp3) is 0.382. The van der Waals surface area contributed by atoms with Crippen LogP contribution >= 0.6 is 11.8 Å². The van der Waals surface area contributed by atoms with E-state index in [1.165, 1.54) is 5.57 Å². The van der Waals surface area contributed by atoms with Crippen molar-refractivity contribution in [3.05, 3.63) is 113 Å². The van der Waals surface area contributed by atoms with E-state index in [1.807, 2.05) is 64.9 Å². The number of aryl methyl sites for hydroxylation is 1. The Kier molecular flexibility index (Phi) is 16.2. The lowest BCUT2D eigenvalue weighted by molar-refractivity contribution is -0.115. The molecule has 0 aliphatic heterocycles. The summed E-state index contributed by atoms with van der Waals surface area (Å²) in [5.74, 6) is 0.392. The average Bonchev–Trinajstić information content (AvgIpc) is 2.94. The predicted octanol–water partition coefficient (Wildman–Crippen LogP) is 8.56. The zero-order valence-electron chi connectivity index (χ0n) is 26.1. The molecule has 7 heteroatoms. The second-order valence-corrected chi connectivity index (χ2v) is 11.4. The quantitative estimate of drug-likeness (QED) is 0.101. The van der Waals surface area contributed by atoms with Crippen molar-refractivity contribution in [2.24, 2.45) is 0 Å². The van der Waals surface area contributed by atoms with E-state index >= 15 is 0 Å². The number of nitrogens with one attached hydrogen (secondary N) is 1. The largest absolute Gasteiger partial charge is 0.374 e. The zero-order valence-corrected chi connectivity index (χ0v) is 26.9. The van der Waals surface area contributed by atoms with E-state index in [9.17, 15) is 4.79 Å². The van der Waals surface area contributed by atoms with Gasteiger partial charge in [0.25, 0.3) is 0 Å². The van der Waals surface area contributed by atoms with E-state index in [-0.39, 0.29) is 5.91 Å². The fourth-order valence-electron chi connectivity index (χ4n) is 3.60. The van der Waals surface area contributed by atoms with Gasteiger partial charge in [-0.1, -0.05) is 74.5 Å².